The first-order valence-corrected chi connectivity index (χ1v) is 13.4. The number of allylic oxidation sites excluding steroid dienone is 1. The fraction of sp³-hybridized carbons (Fsp3) is 0.370. The van der Waals surface area contributed by atoms with Gasteiger partial charge in [0.05, 0.1) is 17.2 Å². The van der Waals surface area contributed by atoms with Crippen LogP contribution in [-0.4, -0.2) is 33.9 Å². The molecule has 1 unspecified atom stereocenters. The van der Waals surface area contributed by atoms with E-state index in [9.17, 15) is 4.79 Å². The van der Waals surface area contributed by atoms with Gasteiger partial charge in [0.15, 0.2) is 11.5 Å². The van der Waals surface area contributed by atoms with Crippen molar-refractivity contribution in [2.45, 2.75) is 57.8 Å². The van der Waals surface area contributed by atoms with Gasteiger partial charge in [-0.3, -0.25) is 0 Å². The SMILES string of the molecule is COc1cc(C2C(C(=O)OC3CCCCC3)=C(C)Nc3ncnn32)cc(Br)c1OCc1ccccc1Cl. The highest BCUT2D eigenvalue weighted by atomic mass is 79.9. The molecule has 1 aliphatic carbocycles. The number of ether oxygens (including phenoxy) is 3. The first-order valence-electron chi connectivity index (χ1n) is 12.3. The summed E-state index contributed by atoms with van der Waals surface area (Å²) in [5, 5.41) is 8.24. The summed E-state index contributed by atoms with van der Waals surface area (Å²) in [6, 6.07) is 10.7. The summed E-state index contributed by atoms with van der Waals surface area (Å²) < 4.78 is 20.2. The van der Waals surface area contributed by atoms with Crippen molar-refractivity contribution in [2.24, 2.45) is 0 Å². The maximum Gasteiger partial charge on any atom is 0.338 e. The third kappa shape index (κ3) is 5.33. The number of carbonyl (C=O) groups excluding carboxylic acids is 1. The zero-order chi connectivity index (χ0) is 25.9. The van der Waals surface area contributed by atoms with E-state index in [-0.39, 0.29) is 18.7 Å². The highest BCUT2D eigenvalue weighted by Gasteiger charge is 2.36. The van der Waals surface area contributed by atoms with E-state index in [1.54, 1.807) is 11.8 Å². The van der Waals surface area contributed by atoms with Crippen LogP contribution in [0.15, 0.2) is 58.5 Å². The number of hydrogen-bond donors (Lipinski definition) is 1. The van der Waals surface area contributed by atoms with E-state index in [2.05, 4.69) is 31.3 Å². The van der Waals surface area contributed by atoms with Crippen molar-refractivity contribution in [1.82, 2.24) is 14.8 Å². The number of aromatic nitrogens is 3. The molecule has 0 bridgehead atoms. The quantitative estimate of drug-likeness (QED) is 0.318. The Hall–Kier alpha value is -3.04. The van der Waals surface area contributed by atoms with Gasteiger partial charge in [0.25, 0.3) is 0 Å². The van der Waals surface area contributed by atoms with Crippen LogP contribution in [-0.2, 0) is 16.1 Å². The smallest absolute Gasteiger partial charge is 0.338 e. The number of nitrogens with zero attached hydrogens (tertiary/aromatic N) is 3. The van der Waals surface area contributed by atoms with Crippen LogP contribution in [0.2, 0.25) is 5.02 Å². The number of nitrogens with one attached hydrogen (secondary N) is 1. The second-order valence-electron chi connectivity index (χ2n) is 9.17. The lowest BCUT2D eigenvalue weighted by Crippen LogP contribution is -2.32. The number of hydrogen-bond acceptors (Lipinski definition) is 7. The molecule has 2 heterocycles. The van der Waals surface area contributed by atoms with Crippen LogP contribution in [0.3, 0.4) is 0 Å². The van der Waals surface area contributed by atoms with Crippen LogP contribution in [0.4, 0.5) is 5.95 Å². The van der Waals surface area contributed by atoms with Crippen LogP contribution in [0, 0.1) is 0 Å². The van der Waals surface area contributed by atoms with Gasteiger partial charge in [0.2, 0.25) is 5.95 Å². The molecule has 5 rings (SSSR count). The Bertz CT molecular complexity index is 1340. The summed E-state index contributed by atoms with van der Waals surface area (Å²) in [5.74, 6) is 1.24. The highest BCUT2D eigenvalue weighted by molar-refractivity contribution is 9.10. The molecule has 1 aliphatic heterocycles. The van der Waals surface area contributed by atoms with Crippen LogP contribution in [0.5, 0.6) is 11.5 Å². The molecule has 0 amide bonds. The highest BCUT2D eigenvalue weighted by Crippen LogP contribution is 2.43. The van der Waals surface area contributed by atoms with E-state index in [0.717, 1.165) is 36.8 Å². The molecule has 1 N–H and O–H groups in total. The predicted octanol–water partition coefficient (Wildman–Crippen LogP) is 6.45. The van der Waals surface area contributed by atoms with E-state index in [1.807, 2.05) is 43.3 Å². The minimum Gasteiger partial charge on any atom is -0.493 e. The summed E-state index contributed by atoms with van der Waals surface area (Å²) in [5.41, 5.74) is 2.80. The standard InChI is InChI=1S/C27H28BrClN4O4/c1-16-23(26(34)37-19-9-4-3-5-10-19)24(33-27(32-16)30-15-31-33)18-12-20(28)25(22(13-18)35-2)36-14-17-8-6-7-11-21(17)29/h6-8,11-13,15,19,24H,3-5,9-10,14H2,1-2H3,(H,30,31,32). The molecule has 37 heavy (non-hydrogen) atoms. The Morgan fingerprint density at radius 2 is 2.00 bits per heavy atom. The van der Waals surface area contributed by atoms with Crippen molar-refractivity contribution in [3.05, 3.63) is 74.6 Å². The minimum absolute atomic E-state index is 0.0683. The maximum atomic E-state index is 13.5. The average molecular weight is 588 g/mol. The Kier molecular flexibility index (Phi) is 7.71. The molecule has 10 heteroatoms. The molecule has 1 atom stereocenters. The third-order valence-corrected chi connectivity index (χ3v) is 7.70. The van der Waals surface area contributed by atoms with Crippen LogP contribution in [0.25, 0.3) is 0 Å². The monoisotopic (exact) mass is 586 g/mol. The molecular formula is C27H28BrClN4O4. The molecule has 2 aliphatic rings. The van der Waals surface area contributed by atoms with Gasteiger partial charge in [-0.05, 0) is 72.3 Å². The number of esters is 1. The van der Waals surface area contributed by atoms with Crippen molar-refractivity contribution in [1.29, 1.82) is 0 Å². The molecule has 1 saturated carbocycles. The van der Waals surface area contributed by atoms with Gasteiger partial charge in [0, 0.05) is 16.3 Å². The zero-order valence-corrected chi connectivity index (χ0v) is 23.0. The van der Waals surface area contributed by atoms with E-state index in [0.29, 0.717) is 38.2 Å². The maximum absolute atomic E-state index is 13.5. The first-order chi connectivity index (χ1) is 18.0. The second kappa shape index (κ2) is 11.1. The lowest BCUT2D eigenvalue weighted by atomic mass is 9.94. The predicted molar refractivity (Wildman–Crippen MR) is 144 cm³/mol. The van der Waals surface area contributed by atoms with Crippen LogP contribution >= 0.6 is 27.5 Å². The largest absolute Gasteiger partial charge is 0.493 e. The number of methoxy groups -OCH3 is 1. The number of halogens is 2. The van der Waals surface area contributed by atoms with E-state index in [1.165, 1.54) is 12.7 Å². The molecule has 0 radical (unpaired) electrons. The lowest BCUT2D eigenvalue weighted by molar-refractivity contribution is -0.146. The Morgan fingerprint density at radius 3 is 2.76 bits per heavy atom. The van der Waals surface area contributed by atoms with Crippen molar-refractivity contribution < 1.29 is 19.0 Å². The summed E-state index contributed by atoms with van der Waals surface area (Å²) in [6.07, 6.45) is 6.51. The Balaban J connectivity index is 1.49. The number of benzene rings is 2. The molecule has 1 aromatic heterocycles. The van der Waals surface area contributed by atoms with Gasteiger partial charge in [-0.1, -0.05) is 36.2 Å². The van der Waals surface area contributed by atoms with Gasteiger partial charge >= 0.3 is 5.97 Å². The fourth-order valence-corrected chi connectivity index (χ4v) is 5.63. The zero-order valence-electron chi connectivity index (χ0n) is 20.7. The second-order valence-corrected chi connectivity index (χ2v) is 10.4. The van der Waals surface area contributed by atoms with E-state index < -0.39 is 6.04 Å². The van der Waals surface area contributed by atoms with Crippen molar-refractivity contribution in [2.75, 3.05) is 12.4 Å². The molecule has 3 aromatic rings. The van der Waals surface area contributed by atoms with Gasteiger partial charge in [0.1, 0.15) is 25.1 Å². The van der Waals surface area contributed by atoms with Crippen LogP contribution < -0.4 is 14.8 Å². The number of carbonyl (C=O) groups is 1. The molecule has 0 saturated heterocycles. The normalized spacial score (nSPS) is 17.7. The van der Waals surface area contributed by atoms with Crippen LogP contribution in [0.1, 0.15) is 56.2 Å². The molecular weight excluding hydrogens is 560 g/mol. The summed E-state index contributed by atoms with van der Waals surface area (Å²) >= 11 is 9.95. The average Bonchev–Trinajstić information content (AvgIpc) is 3.36. The van der Waals surface area contributed by atoms with Gasteiger partial charge in [-0.15, -0.1) is 0 Å². The van der Waals surface area contributed by atoms with Gasteiger partial charge < -0.3 is 19.5 Å². The van der Waals surface area contributed by atoms with E-state index in [4.69, 9.17) is 25.8 Å². The van der Waals surface area contributed by atoms with E-state index >= 15 is 0 Å². The topological polar surface area (TPSA) is 87.5 Å². The number of rotatable bonds is 7. The lowest BCUT2D eigenvalue weighted by Gasteiger charge is -2.30. The summed E-state index contributed by atoms with van der Waals surface area (Å²) in [7, 11) is 1.58. The van der Waals surface area contributed by atoms with Gasteiger partial charge in [-0.25, -0.2) is 9.48 Å². The minimum atomic E-state index is -0.558. The number of anilines is 1. The molecule has 194 valence electrons. The summed E-state index contributed by atoms with van der Waals surface area (Å²) in [6.45, 7) is 2.13. The number of fused-ring (bicyclic) bond motifs is 1. The summed E-state index contributed by atoms with van der Waals surface area (Å²) in [4.78, 5) is 17.8. The first kappa shape index (κ1) is 25.6. The van der Waals surface area contributed by atoms with Crippen molar-refractivity contribution in [3.8, 4) is 11.5 Å². The third-order valence-electron chi connectivity index (χ3n) is 6.74. The fourth-order valence-electron chi connectivity index (χ4n) is 4.86. The molecule has 0 spiro atoms. The Morgan fingerprint density at radius 1 is 1.22 bits per heavy atom. The Labute approximate surface area is 229 Å². The van der Waals surface area contributed by atoms with Gasteiger partial charge in [-0.2, -0.15) is 10.1 Å². The molecule has 2 aromatic carbocycles. The van der Waals surface area contributed by atoms with Crippen molar-refractivity contribution >= 4 is 39.4 Å². The molecule has 8 nitrogen and oxygen atoms in total. The molecule has 1 fully saturated rings. The van der Waals surface area contributed by atoms with Crippen molar-refractivity contribution in [3.63, 3.8) is 0 Å².